The number of amides is 1. The molecule has 1 atom stereocenters. The molecule has 0 radical (unpaired) electrons. The van der Waals surface area contributed by atoms with Crippen LogP contribution >= 0.6 is 0 Å². The standard InChI is InChI=1S/C22H30N2O5S/c1-6-28-20-10-8-19(9-11-20)24(30(5,26)27)18(4)22(25)23-13-14-29-21-12-7-16(2)15-17(21)3/h7-12,15,18H,6,13-14H2,1-5H3,(H,23,25). The number of hydrogen-bond donors (Lipinski definition) is 1. The van der Waals surface area contributed by atoms with Crippen LogP contribution in [0.2, 0.25) is 0 Å². The van der Waals surface area contributed by atoms with E-state index in [9.17, 15) is 13.2 Å². The van der Waals surface area contributed by atoms with Gasteiger partial charge >= 0.3 is 0 Å². The molecule has 0 fully saturated rings. The molecule has 0 heterocycles. The Morgan fingerprint density at radius 3 is 2.33 bits per heavy atom. The van der Waals surface area contributed by atoms with Crippen molar-refractivity contribution in [3.05, 3.63) is 53.6 Å². The minimum atomic E-state index is -3.67. The van der Waals surface area contributed by atoms with Gasteiger partial charge in [-0.2, -0.15) is 0 Å². The van der Waals surface area contributed by atoms with Crippen molar-refractivity contribution in [2.24, 2.45) is 0 Å². The van der Waals surface area contributed by atoms with Gasteiger partial charge in [-0.25, -0.2) is 8.42 Å². The van der Waals surface area contributed by atoms with Gasteiger partial charge in [-0.15, -0.1) is 0 Å². The van der Waals surface area contributed by atoms with E-state index in [-0.39, 0.29) is 13.2 Å². The maximum Gasteiger partial charge on any atom is 0.243 e. The minimum Gasteiger partial charge on any atom is -0.494 e. The molecule has 2 aromatic rings. The SMILES string of the molecule is CCOc1ccc(N(C(C)C(=O)NCCOc2ccc(C)cc2C)S(C)(=O)=O)cc1. The molecule has 2 aromatic carbocycles. The van der Waals surface area contributed by atoms with Crippen molar-refractivity contribution in [1.82, 2.24) is 5.32 Å². The van der Waals surface area contributed by atoms with Crippen LogP contribution in [-0.2, 0) is 14.8 Å². The van der Waals surface area contributed by atoms with E-state index in [4.69, 9.17) is 9.47 Å². The zero-order valence-electron chi connectivity index (χ0n) is 18.1. The van der Waals surface area contributed by atoms with E-state index in [1.807, 2.05) is 39.0 Å². The summed E-state index contributed by atoms with van der Waals surface area (Å²) in [5, 5.41) is 2.74. The monoisotopic (exact) mass is 434 g/mol. The summed E-state index contributed by atoms with van der Waals surface area (Å²) in [4.78, 5) is 12.6. The Labute approximate surface area is 179 Å². The molecule has 8 heteroatoms. The number of benzene rings is 2. The van der Waals surface area contributed by atoms with Gasteiger partial charge in [-0.05, 0) is 63.6 Å². The lowest BCUT2D eigenvalue weighted by Gasteiger charge is -2.28. The van der Waals surface area contributed by atoms with Gasteiger partial charge in [-0.3, -0.25) is 9.10 Å². The number of ether oxygens (including phenoxy) is 2. The van der Waals surface area contributed by atoms with Crippen molar-refractivity contribution >= 4 is 21.6 Å². The first-order valence-corrected chi connectivity index (χ1v) is 11.7. The molecule has 0 aromatic heterocycles. The molecular weight excluding hydrogens is 404 g/mol. The second-order valence-electron chi connectivity index (χ2n) is 7.07. The minimum absolute atomic E-state index is 0.261. The Balaban J connectivity index is 1.99. The average molecular weight is 435 g/mol. The third-order valence-corrected chi connectivity index (χ3v) is 5.72. The van der Waals surface area contributed by atoms with Gasteiger partial charge in [0, 0.05) is 0 Å². The number of hydrogen-bond acceptors (Lipinski definition) is 5. The van der Waals surface area contributed by atoms with Crippen molar-refractivity contribution in [2.75, 3.05) is 30.3 Å². The fraction of sp³-hybridized carbons (Fsp3) is 0.409. The number of nitrogens with one attached hydrogen (secondary N) is 1. The van der Waals surface area contributed by atoms with Crippen LogP contribution < -0.4 is 19.1 Å². The lowest BCUT2D eigenvalue weighted by Crippen LogP contribution is -2.48. The third-order valence-electron chi connectivity index (χ3n) is 4.48. The van der Waals surface area contributed by atoms with Crippen molar-refractivity contribution in [3.63, 3.8) is 0 Å². The number of carbonyl (C=O) groups is 1. The third kappa shape index (κ3) is 6.38. The molecule has 7 nitrogen and oxygen atoms in total. The Kier molecular flexibility index (Phi) is 8.11. The van der Waals surface area contributed by atoms with Crippen LogP contribution in [0.4, 0.5) is 5.69 Å². The lowest BCUT2D eigenvalue weighted by atomic mass is 10.1. The summed E-state index contributed by atoms with van der Waals surface area (Å²) in [7, 11) is -3.67. The highest BCUT2D eigenvalue weighted by Crippen LogP contribution is 2.24. The molecule has 0 saturated carbocycles. The van der Waals surface area contributed by atoms with Crippen LogP contribution in [0.15, 0.2) is 42.5 Å². The van der Waals surface area contributed by atoms with E-state index in [1.54, 1.807) is 31.2 Å². The first kappa shape index (κ1) is 23.5. The molecule has 30 heavy (non-hydrogen) atoms. The smallest absolute Gasteiger partial charge is 0.243 e. The predicted octanol–water partition coefficient (Wildman–Crippen LogP) is 3.05. The largest absolute Gasteiger partial charge is 0.494 e. The van der Waals surface area contributed by atoms with Crippen LogP contribution in [0, 0.1) is 13.8 Å². The molecular formula is C22H30N2O5S. The molecule has 1 amide bonds. The second-order valence-corrected chi connectivity index (χ2v) is 8.93. The van der Waals surface area contributed by atoms with E-state index < -0.39 is 22.0 Å². The number of nitrogens with zero attached hydrogens (tertiary/aromatic N) is 1. The van der Waals surface area contributed by atoms with Crippen molar-refractivity contribution in [3.8, 4) is 11.5 Å². The average Bonchev–Trinajstić information content (AvgIpc) is 2.67. The van der Waals surface area contributed by atoms with Gasteiger partial charge in [0.2, 0.25) is 15.9 Å². The topological polar surface area (TPSA) is 84.9 Å². The molecule has 0 aliphatic carbocycles. The zero-order chi connectivity index (χ0) is 22.3. The van der Waals surface area contributed by atoms with Gasteiger partial charge in [0.25, 0.3) is 0 Å². The molecule has 0 saturated heterocycles. The summed E-state index contributed by atoms with van der Waals surface area (Å²) in [6, 6.07) is 11.6. The quantitative estimate of drug-likeness (QED) is 0.581. The first-order valence-electron chi connectivity index (χ1n) is 9.83. The number of sulfonamides is 1. The number of rotatable bonds is 10. The maximum absolute atomic E-state index is 12.6. The van der Waals surface area contributed by atoms with Crippen LogP contribution in [0.1, 0.15) is 25.0 Å². The summed E-state index contributed by atoms with van der Waals surface area (Å²) in [6.45, 7) is 8.45. The highest BCUT2D eigenvalue weighted by atomic mass is 32.2. The number of anilines is 1. The fourth-order valence-corrected chi connectivity index (χ4v) is 4.28. The van der Waals surface area contributed by atoms with E-state index >= 15 is 0 Å². The Bertz CT molecular complexity index is 958. The summed E-state index contributed by atoms with van der Waals surface area (Å²) in [5.41, 5.74) is 2.57. The normalized spacial score (nSPS) is 12.2. The fourth-order valence-electron chi connectivity index (χ4n) is 3.11. The maximum atomic E-state index is 12.6. The Morgan fingerprint density at radius 2 is 1.77 bits per heavy atom. The highest BCUT2D eigenvalue weighted by Gasteiger charge is 2.29. The van der Waals surface area contributed by atoms with Gasteiger partial charge < -0.3 is 14.8 Å². The van der Waals surface area contributed by atoms with Gasteiger partial charge in [0.15, 0.2) is 0 Å². The summed E-state index contributed by atoms with van der Waals surface area (Å²) in [5.74, 6) is 0.990. The van der Waals surface area contributed by atoms with Crippen LogP contribution in [0.3, 0.4) is 0 Å². The molecule has 0 aliphatic rings. The molecule has 164 valence electrons. The van der Waals surface area contributed by atoms with Crippen molar-refractivity contribution in [1.29, 1.82) is 0 Å². The number of carbonyl (C=O) groups excluding carboxylic acids is 1. The Morgan fingerprint density at radius 1 is 1.10 bits per heavy atom. The summed E-state index contributed by atoms with van der Waals surface area (Å²) < 4.78 is 36.9. The van der Waals surface area contributed by atoms with Gasteiger partial charge in [0.05, 0.1) is 25.1 Å². The molecule has 0 aliphatic heterocycles. The molecule has 0 bridgehead atoms. The molecule has 2 rings (SSSR count). The van der Waals surface area contributed by atoms with Crippen molar-refractivity contribution < 1.29 is 22.7 Å². The van der Waals surface area contributed by atoms with E-state index in [0.29, 0.717) is 18.0 Å². The van der Waals surface area contributed by atoms with E-state index in [1.165, 1.54) is 0 Å². The highest BCUT2D eigenvalue weighted by molar-refractivity contribution is 7.92. The Hall–Kier alpha value is -2.74. The number of aryl methyl sites for hydroxylation is 2. The summed E-state index contributed by atoms with van der Waals surface area (Å²) in [6.07, 6.45) is 1.08. The molecule has 1 unspecified atom stereocenters. The lowest BCUT2D eigenvalue weighted by molar-refractivity contribution is -0.121. The van der Waals surface area contributed by atoms with Crippen LogP contribution in [0.25, 0.3) is 0 Å². The van der Waals surface area contributed by atoms with Gasteiger partial charge in [-0.1, -0.05) is 17.7 Å². The van der Waals surface area contributed by atoms with Crippen LogP contribution in [0.5, 0.6) is 11.5 Å². The molecule has 1 N–H and O–H groups in total. The molecule has 0 spiro atoms. The van der Waals surface area contributed by atoms with E-state index in [0.717, 1.165) is 27.4 Å². The van der Waals surface area contributed by atoms with Crippen molar-refractivity contribution in [2.45, 2.75) is 33.7 Å². The predicted molar refractivity (Wildman–Crippen MR) is 119 cm³/mol. The van der Waals surface area contributed by atoms with Gasteiger partial charge in [0.1, 0.15) is 24.1 Å². The zero-order valence-corrected chi connectivity index (χ0v) is 19.0. The van der Waals surface area contributed by atoms with E-state index in [2.05, 4.69) is 5.32 Å². The first-order chi connectivity index (χ1) is 14.1. The summed E-state index contributed by atoms with van der Waals surface area (Å²) >= 11 is 0. The van der Waals surface area contributed by atoms with Crippen LogP contribution in [-0.4, -0.2) is 46.4 Å². The second kappa shape index (κ2) is 10.3.